The number of rotatable bonds is 7. The van der Waals surface area contributed by atoms with E-state index in [1.807, 2.05) is 7.05 Å². The summed E-state index contributed by atoms with van der Waals surface area (Å²) in [7, 11) is 1.97. The van der Waals surface area contributed by atoms with E-state index < -0.39 is 0 Å². The highest BCUT2D eigenvalue weighted by Gasteiger charge is 2.17. The summed E-state index contributed by atoms with van der Waals surface area (Å²) >= 11 is 0. The normalized spacial score (nSPS) is 13.4. The van der Waals surface area contributed by atoms with Gasteiger partial charge in [0.25, 0.3) is 0 Å². The molecule has 0 saturated carbocycles. The number of nitrogens with one attached hydrogen (secondary N) is 1. The summed E-state index contributed by atoms with van der Waals surface area (Å²) in [6.07, 6.45) is 1.15. The molecule has 0 spiro atoms. The lowest BCUT2D eigenvalue weighted by molar-refractivity contribution is 0.258. The molecule has 2 heteroatoms. The van der Waals surface area contributed by atoms with Crippen LogP contribution in [0.25, 0.3) is 0 Å². The highest BCUT2D eigenvalue weighted by Crippen LogP contribution is 2.28. The minimum Gasteiger partial charge on any atom is -0.493 e. The molecule has 102 valence electrons. The van der Waals surface area contributed by atoms with E-state index in [-0.39, 0.29) is 5.41 Å². The Hall–Kier alpha value is -1.02. The standard InChI is InChI=1S/C16H27NO/c1-6-16(3,4)14-7-9-15(10-8-14)18-12-13(2)11-17-5/h7-10,13,17H,6,11-12H2,1-5H3. The van der Waals surface area contributed by atoms with Gasteiger partial charge in [0.1, 0.15) is 5.75 Å². The molecule has 1 atom stereocenters. The van der Waals surface area contributed by atoms with Gasteiger partial charge in [-0.2, -0.15) is 0 Å². The minimum atomic E-state index is 0.248. The highest BCUT2D eigenvalue weighted by molar-refractivity contribution is 5.31. The molecule has 1 N–H and O–H groups in total. The van der Waals surface area contributed by atoms with Crippen LogP contribution in [-0.4, -0.2) is 20.2 Å². The van der Waals surface area contributed by atoms with Crippen LogP contribution < -0.4 is 10.1 Å². The fourth-order valence-corrected chi connectivity index (χ4v) is 1.85. The molecule has 0 radical (unpaired) electrons. The lowest BCUT2D eigenvalue weighted by Gasteiger charge is -2.23. The van der Waals surface area contributed by atoms with Gasteiger partial charge in [0.05, 0.1) is 6.61 Å². The quantitative estimate of drug-likeness (QED) is 0.797. The maximum absolute atomic E-state index is 5.78. The van der Waals surface area contributed by atoms with Gasteiger partial charge < -0.3 is 10.1 Å². The van der Waals surface area contributed by atoms with Crippen LogP contribution in [0.3, 0.4) is 0 Å². The van der Waals surface area contributed by atoms with Crippen LogP contribution >= 0.6 is 0 Å². The lowest BCUT2D eigenvalue weighted by Crippen LogP contribution is -2.21. The minimum absolute atomic E-state index is 0.248. The van der Waals surface area contributed by atoms with E-state index >= 15 is 0 Å². The molecule has 1 aromatic carbocycles. The van der Waals surface area contributed by atoms with Crippen molar-refractivity contribution in [3.8, 4) is 5.75 Å². The van der Waals surface area contributed by atoms with E-state index in [9.17, 15) is 0 Å². The Bertz CT molecular complexity index is 343. The Morgan fingerprint density at radius 2 is 1.83 bits per heavy atom. The summed E-state index contributed by atoms with van der Waals surface area (Å²) in [4.78, 5) is 0. The lowest BCUT2D eigenvalue weighted by atomic mass is 9.82. The third-order valence-corrected chi connectivity index (χ3v) is 3.61. The van der Waals surface area contributed by atoms with Gasteiger partial charge in [0.15, 0.2) is 0 Å². The molecule has 0 aliphatic heterocycles. The van der Waals surface area contributed by atoms with E-state index in [2.05, 4.69) is 57.3 Å². The third-order valence-electron chi connectivity index (χ3n) is 3.61. The summed E-state index contributed by atoms with van der Waals surface area (Å²) in [5, 5.41) is 3.16. The maximum Gasteiger partial charge on any atom is 0.119 e. The van der Waals surface area contributed by atoms with Crippen LogP contribution in [0.2, 0.25) is 0 Å². The number of ether oxygens (including phenoxy) is 1. The molecule has 0 aliphatic rings. The van der Waals surface area contributed by atoms with E-state index in [1.54, 1.807) is 0 Å². The second kappa shape index (κ2) is 6.79. The van der Waals surface area contributed by atoms with E-state index in [0.29, 0.717) is 5.92 Å². The maximum atomic E-state index is 5.78. The van der Waals surface area contributed by atoms with Gasteiger partial charge in [0.2, 0.25) is 0 Å². The smallest absolute Gasteiger partial charge is 0.119 e. The SMILES string of the molecule is CCC(C)(C)c1ccc(OCC(C)CNC)cc1. The van der Waals surface area contributed by atoms with E-state index in [1.165, 1.54) is 5.56 Å². The summed E-state index contributed by atoms with van der Waals surface area (Å²) < 4.78 is 5.78. The molecule has 18 heavy (non-hydrogen) atoms. The fraction of sp³-hybridized carbons (Fsp3) is 0.625. The summed E-state index contributed by atoms with van der Waals surface area (Å²) in [5.74, 6) is 1.50. The fourth-order valence-electron chi connectivity index (χ4n) is 1.85. The summed E-state index contributed by atoms with van der Waals surface area (Å²) in [6.45, 7) is 10.7. The molecule has 0 heterocycles. The summed E-state index contributed by atoms with van der Waals surface area (Å²) in [5.41, 5.74) is 1.62. The topological polar surface area (TPSA) is 21.3 Å². The van der Waals surface area contributed by atoms with Gasteiger partial charge in [-0.1, -0.05) is 39.8 Å². The molecule has 1 unspecified atom stereocenters. The molecule has 0 amide bonds. The zero-order valence-electron chi connectivity index (χ0n) is 12.4. The molecule has 1 rings (SSSR count). The molecule has 1 aromatic rings. The van der Waals surface area contributed by atoms with Crippen molar-refractivity contribution in [3.63, 3.8) is 0 Å². The predicted octanol–water partition coefficient (Wildman–Crippen LogP) is 3.61. The van der Waals surface area contributed by atoms with Crippen molar-refractivity contribution < 1.29 is 4.74 Å². The summed E-state index contributed by atoms with van der Waals surface area (Å²) in [6, 6.07) is 8.53. The van der Waals surface area contributed by atoms with Crippen molar-refractivity contribution >= 4 is 0 Å². The molecule has 0 aliphatic carbocycles. The van der Waals surface area contributed by atoms with Crippen LogP contribution in [0.1, 0.15) is 39.7 Å². The Balaban J connectivity index is 2.56. The van der Waals surface area contributed by atoms with Crippen molar-refractivity contribution in [1.29, 1.82) is 0 Å². The molecule has 0 fully saturated rings. The van der Waals surface area contributed by atoms with E-state index in [0.717, 1.165) is 25.3 Å². The monoisotopic (exact) mass is 249 g/mol. The van der Waals surface area contributed by atoms with Crippen molar-refractivity contribution in [1.82, 2.24) is 5.32 Å². The van der Waals surface area contributed by atoms with Gasteiger partial charge >= 0.3 is 0 Å². The highest BCUT2D eigenvalue weighted by atomic mass is 16.5. The molecular formula is C16H27NO. The molecular weight excluding hydrogens is 222 g/mol. The molecule has 0 saturated heterocycles. The van der Waals surface area contributed by atoms with Crippen molar-refractivity contribution in [2.24, 2.45) is 5.92 Å². The van der Waals surface area contributed by atoms with Crippen LogP contribution in [0, 0.1) is 5.92 Å². The van der Waals surface area contributed by atoms with Crippen LogP contribution in [0.5, 0.6) is 5.75 Å². The first-order valence-corrected chi connectivity index (χ1v) is 6.87. The average Bonchev–Trinajstić information content (AvgIpc) is 2.37. The first-order valence-electron chi connectivity index (χ1n) is 6.87. The zero-order chi connectivity index (χ0) is 13.6. The number of benzene rings is 1. The second-order valence-electron chi connectivity index (χ2n) is 5.74. The Kier molecular flexibility index (Phi) is 5.67. The molecule has 0 aromatic heterocycles. The Morgan fingerprint density at radius 3 is 2.33 bits per heavy atom. The number of hydrogen-bond acceptors (Lipinski definition) is 2. The number of hydrogen-bond donors (Lipinski definition) is 1. The van der Waals surface area contributed by atoms with Gasteiger partial charge in [-0.05, 0) is 36.6 Å². The predicted molar refractivity (Wildman–Crippen MR) is 78.3 cm³/mol. The van der Waals surface area contributed by atoms with Gasteiger partial charge in [-0.3, -0.25) is 0 Å². The van der Waals surface area contributed by atoms with Gasteiger partial charge in [-0.15, -0.1) is 0 Å². The van der Waals surface area contributed by atoms with Gasteiger partial charge in [0, 0.05) is 12.5 Å². The van der Waals surface area contributed by atoms with Crippen molar-refractivity contribution in [2.75, 3.05) is 20.2 Å². The van der Waals surface area contributed by atoms with E-state index in [4.69, 9.17) is 4.74 Å². The van der Waals surface area contributed by atoms with Crippen molar-refractivity contribution in [3.05, 3.63) is 29.8 Å². The van der Waals surface area contributed by atoms with Crippen molar-refractivity contribution in [2.45, 2.75) is 39.5 Å². The van der Waals surface area contributed by atoms with Crippen LogP contribution in [0.4, 0.5) is 0 Å². The first-order chi connectivity index (χ1) is 8.49. The first kappa shape index (κ1) is 15.0. The molecule has 0 bridgehead atoms. The Morgan fingerprint density at radius 1 is 1.22 bits per heavy atom. The molecule has 2 nitrogen and oxygen atoms in total. The Labute approximate surface area is 112 Å². The zero-order valence-corrected chi connectivity index (χ0v) is 12.4. The third kappa shape index (κ3) is 4.34. The van der Waals surface area contributed by atoms with Crippen LogP contribution in [0.15, 0.2) is 24.3 Å². The largest absolute Gasteiger partial charge is 0.493 e. The average molecular weight is 249 g/mol. The van der Waals surface area contributed by atoms with Gasteiger partial charge in [-0.25, -0.2) is 0 Å². The second-order valence-corrected chi connectivity index (χ2v) is 5.74. The van der Waals surface area contributed by atoms with Crippen LogP contribution in [-0.2, 0) is 5.41 Å².